The van der Waals surface area contributed by atoms with Crippen LogP contribution in [0.3, 0.4) is 0 Å². The van der Waals surface area contributed by atoms with Crippen molar-refractivity contribution in [3.63, 3.8) is 0 Å². The predicted octanol–water partition coefficient (Wildman–Crippen LogP) is 1.90. The number of hydrogen-bond donors (Lipinski definition) is 2. The van der Waals surface area contributed by atoms with Crippen LogP contribution in [0.2, 0.25) is 0 Å². The SMILES string of the molecule is CCc1csc(NC(=O)C2(O)CCSCC2)n1. The molecule has 0 saturated carbocycles. The Morgan fingerprint density at radius 3 is 2.88 bits per heavy atom. The molecule has 2 rings (SSSR count). The lowest BCUT2D eigenvalue weighted by atomic mass is 9.96. The van der Waals surface area contributed by atoms with Gasteiger partial charge in [-0.2, -0.15) is 11.8 Å². The third kappa shape index (κ3) is 3.00. The molecule has 0 aromatic carbocycles. The van der Waals surface area contributed by atoms with Gasteiger partial charge in [0.25, 0.3) is 5.91 Å². The number of hydrogen-bond acceptors (Lipinski definition) is 5. The van der Waals surface area contributed by atoms with E-state index in [9.17, 15) is 9.90 Å². The maximum absolute atomic E-state index is 12.0. The minimum absolute atomic E-state index is 0.310. The molecule has 0 aliphatic carbocycles. The number of rotatable bonds is 3. The Kier molecular flexibility index (Phi) is 4.06. The molecule has 0 radical (unpaired) electrons. The maximum atomic E-state index is 12.0. The van der Waals surface area contributed by atoms with E-state index in [1.807, 2.05) is 12.3 Å². The molecule has 1 aromatic heterocycles. The standard InChI is InChI=1S/C11H16N2O2S2/c1-2-8-7-17-10(12-8)13-9(14)11(15)3-5-16-6-4-11/h7,15H,2-6H2,1H3,(H,12,13,14). The lowest BCUT2D eigenvalue weighted by Gasteiger charge is -2.29. The Bertz CT molecular complexity index is 400. The van der Waals surface area contributed by atoms with E-state index in [0.29, 0.717) is 18.0 Å². The van der Waals surface area contributed by atoms with Crippen molar-refractivity contribution in [3.8, 4) is 0 Å². The number of nitrogens with one attached hydrogen (secondary N) is 1. The lowest BCUT2D eigenvalue weighted by molar-refractivity contribution is -0.134. The first-order valence-electron chi connectivity index (χ1n) is 5.70. The molecule has 1 aromatic rings. The fraction of sp³-hybridized carbons (Fsp3) is 0.636. The van der Waals surface area contributed by atoms with Crippen molar-refractivity contribution in [2.75, 3.05) is 16.8 Å². The number of anilines is 1. The third-order valence-corrected chi connectivity index (χ3v) is 4.67. The van der Waals surface area contributed by atoms with Crippen LogP contribution in [0.5, 0.6) is 0 Å². The highest BCUT2D eigenvalue weighted by molar-refractivity contribution is 7.99. The van der Waals surface area contributed by atoms with Crippen LogP contribution in [0.15, 0.2) is 5.38 Å². The highest BCUT2D eigenvalue weighted by Gasteiger charge is 2.37. The Hall–Kier alpha value is -0.590. The Labute approximate surface area is 109 Å². The Balaban J connectivity index is 2.00. The zero-order chi connectivity index (χ0) is 12.3. The molecule has 1 saturated heterocycles. The summed E-state index contributed by atoms with van der Waals surface area (Å²) in [6.45, 7) is 2.02. The second-order valence-electron chi connectivity index (χ2n) is 4.10. The monoisotopic (exact) mass is 272 g/mol. The van der Waals surface area contributed by atoms with E-state index in [-0.39, 0.29) is 5.91 Å². The van der Waals surface area contributed by atoms with E-state index in [4.69, 9.17) is 0 Å². The summed E-state index contributed by atoms with van der Waals surface area (Å²) in [5, 5.41) is 15.4. The van der Waals surface area contributed by atoms with Crippen LogP contribution in [-0.4, -0.2) is 33.1 Å². The van der Waals surface area contributed by atoms with Gasteiger partial charge in [-0.1, -0.05) is 6.92 Å². The minimum Gasteiger partial charge on any atom is -0.380 e. The highest BCUT2D eigenvalue weighted by Crippen LogP contribution is 2.28. The van der Waals surface area contributed by atoms with Crippen molar-refractivity contribution in [1.29, 1.82) is 0 Å². The molecule has 17 heavy (non-hydrogen) atoms. The second kappa shape index (κ2) is 5.37. The van der Waals surface area contributed by atoms with Gasteiger partial charge in [0.2, 0.25) is 0 Å². The van der Waals surface area contributed by atoms with Crippen LogP contribution < -0.4 is 5.32 Å². The fourth-order valence-electron chi connectivity index (χ4n) is 1.68. The van der Waals surface area contributed by atoms with Gasteiger partial charge in [0.15, 0.2) is 5.13 Å². The smallest absolute Gasteiger partial charge is 0.258 e. The average Bonchev–Trinajstić information content (AvgIpc) is 2.78. The Morgan fingerprint density at radius 2 is 2.29 bits per heavy atom. The molecule has 1 aliphatic rings. The number of nitrogens with zero attached hydrogens (tertiary/aromatic N) is 1. The highest BCUT2D eigenvalue weighted by atomic mass is 32.2. The molecule has 1 fully saturated rings. The molecule has 0 unspecified atom stereocenters. The number of carbonyl (C=O) groups excluding carboxylic acids is 1. The quantitative estimate of drug-likeness (QED) is 0.882. The van der Waals surface area contributed by atoms with Gasteiger partial charge in [-0.15, -0.1) is 11.3 Å². The van der Waals surface area contributed by atoms with Crippen molar-refractivity contribution in [2.24, 2.45) is 0 Å². The van der Waals surface area contributed by atoms with E-state index in [1.54, 1.807) is 11.8 Å². The molecule has 0 spiro atoms. The summed E-state index contributed by atoms with van der Waals surface area (Å²) in [6, 6.07) is 0. The summed E-state index contributed by atoms with van der Waals surface area (Å²) in [6.07, 6.45) is 1.90. The number of aryl methyl sites for hydroxylation is 1. The molecule has 2 N–H and O–H groups in total. The van der Waals surface area contributed by atoms with E-state index >= 15 is 0 Å². The van der Waals surface area contributed by atoms with Gasteiger partial charge >= 0.3 is 0 Å². The molecule has 94 valence electrons. The van der Waals surface area contributed by atoms with Crippen molar-refractivity contribution >= 4 is 34.1 Å². The van der Waals surface area contributed by atoms with Crippen molar-refractivity contribution < 1.29 is 9.90 Å². The van der Waals surface area contributed by atoms with E-state index < -0.39 is 5.60 Å². The lowest BCUT2D eigenvalue weighted by Crippen LogP contribution is -2.45. The van der Waals surface area contributed by atoms with E-state index in [0.717, 1.165) is 23.6 Å². The van der Waals surface area contributed by atoms with Crippen LogP contribution in [0, 0.1) is 0 Å². The average molecular weight is 272 g/mol. The first-order valence-corrected chi connectivity index (χ1v) is 7.73. The predicted molar refractivity (Wildman–Crippen MR) is 71.6 cm³/mol. The number of thioether (sulfide) groups is 1. The molecule has 2 heterocycles. The number of carbonyl (C=O) groups is 1. The molecule has 4 nitrogen and oxygen atoms in total. The molecular formula is C11H16N2O2S2. The summed E-state index contributed by atoms with van der Waals surface area (Å²) in [7, 11) is 0. The largest absolute Gasteiger partial charge is 0.380 e. The first kappa shape index (κ1) is 12.9. The van der Waals surface area contributed by atoms with Gasteiger partial charge in [-0.3, -0.25) is 10.1 Å². The van der Waals surface area contributed by atoms with Gasteiger partial charge in [0, 0.05) is 5.38 Å². The third-order valence-electron chi connectivity index (χ3n) is 2.88. The second-order valence-corrected chi connectivity index (χ2v) is 6.18. The van der Waals surface area contributed by atoms with Crippen LogP contribution in [0.4, 0.5) is 5.13 Å². The van der Waals surface area contributed by atoms with Crippen LogP contribution >= 0.6 is 23.1 Å². The molecular weight excluding hydrogens is 256 g/mol. The van der Waals surface area contributed by atoms with Crippen LogP contribution in [-0.2, 0) is 11.2 Å². The summed E-state index contributed by atoms with van der Waals surface area (Å²) in [5.41, 5.74) is -0.236. The van der Waals surface area contributed by atoms with Crippen molar-refractivity contribution in [2.45, 2.75) is 31.8 Å². The fourth-order valence-corrected chi connectivity index (χ4v) is 3.63. The number of amides is 1. The van der Waals surface area contributed by atoms with Crippen molar-refractivity contribution in [1.82, 2.24) is 4.98 Å². The maximum Gasteiger partial charge on any atom is 0.258 e. The van der Waals surface area contributed by atoms with E-state index in [2.05, 4.69) is 10.3 Å². The molecule has 6 heteroatoms. The zero-order valence-corrected chi connectivity index (χ0v) is 11.4. The summed E-state index contributed by atoms with van der Waals surface area (Å²) >= 11 is 3.18. The minimum atomic E-state index is -1.21. The van der Waals surface area contributed by atoms with Crippen LogP contribution in [0.25, 0.3) is 0 Å². The van der Waals surface area contributed by atoms with Gasteiger partial charge in [-0.25, -0.2) is 4.98 Å². The number of thiazole rings is 1. The number of aromatic nitrogens is 1. The zero-order valence-electron chi connectivity index (χ0n) is 9.73. The van der Waals surface area contributed by atoms with Crippen molar-refractivity contribution in [3.05, 3.63) is 11.1 Å². The molecule has 0 atom stereocenters. The van der Waals surface area contributed by atoms with Gasteiger partial charge in [0.05, 0.1) is 5.69 Å². The molecule has 1 aliphatic heterocycles. The summed E-state index contributed by atoms with van der Waals surface area (Å²) in [5.74, 6) is 1.36. The van der Waals surface area contributed by atoms with Gasteiger partial charge in [-0.05, 0) is 30.8 Å². The van der Waals surface area contributed by atoms with Gasteiger partial charge < -0.3 is 5.11 Å². The summed E-state index contributed by atoms with van der Waals surface area (Å²) in [4.78, 5) is 16.2. The Morgan fingerprint density at radius 1 is 1.59 bits per heavy atom. The van der Waals surface area contributed by atoms with Crippen LogP contribution in [0.1, 0.15) is 25.5 Å². The topological polar surface area (TPSA) is 62.2 Å². The number of aliphatic hydroxyl groups is 1. The molecule has 1 amide bonds. The molecule has 0 bridgehead atoms. The normalized spacial score (nSPS) is 18.9. The van der Waals surface area contributed by atoms with E-state index in [1.165, 1.54) is 11.3 Å². The first-order chi connectivity index (χ1) is 8.14. The van der Waals surface area contributed by atoms with Gasteiger partial charge in [0.1, 0.15) is 5.60 Å². The summed E-state index contributed by atoms with van der Waals surface area (Å²) < 4.78 is 0.